The Morgan fingerprint density at radius 2 is 1.83 bits per heavy atom. The molecule has 2 aromatic carbocycles. The Balaban J connectivity index is 2.01. The van der Waals surface area contributed by atoms with Crippen LogP contribution in [0.1, 0.15) is 10.4 Å². The van der Waals surface area contributed by atoms with Crippen molar-refractivity contribution in [3.8, 4) is 11.5 Å². The molecule has 0 radical (unpaired) electrons. The molecule has 0 fully saturated rings. The van der Waals surface area contributed by atoms with Gasteiger partial charge in [-0.25, -0.2) is 13.2 Å². The SMILES string of the molecule is CS(=O)(=O)c1ccc(Oc2cc(C(=O)O)cc3sccc23)cc1. The minimum atomic E-state index is -3.27. The van der Waals surface area contributed by atoms with Gasteiger partial charge >= 0.3 is 5.97 Å². The van der Waals surface area contributed by atoms with Crippen LogP contribution in [-0.2, 0) is 9.84 Å². The smallest absolute Gasteiger partial charge is 0.335 e. The molecular formula is C16H12O5S2. The maximum absolute atomic E-state index is 11.5. The Hall–Kier alpha value is -2.38. The number of ether oxygens (including phenoxy) is 1. The lowest BCUT2D eigenvalue weighted by molar-refractivity contribution is 0.0696. The Morgan fingerprint density at radius 1 is 1.13 bits per heavy atom. The number of sulfone groups is 1. The minimum Gasteiger partial charge on any atom is -0.478 e. The lowest BCUT2D eigenvalue weighted by Crippen LogP contribution is -1.98. The second kappa shape index (κ2) is 5.68. The molecule has 0 aliphatic heterocycles. The van der Waals surface area contributed by atoms with Gasteiger partial charge < -0.3 is 9.84 Å². The molecule has 3 aromatic rings. The fourth-order valence-electron chi connectivity index (χ4n) is 2.13. The molecule has 23 heavy (non-hydrogen) atoms. The van der Waals surface area contributed by atoms with Crippen molar-refractivity contribution >= 4 is 37.2 Å². The van der Waals surface area contributed by atoms with Gasteiger partial charge in [0.2, 0.25) is 0 Å². The summed E-state index contributed by atoms with van der Waals surface area (Å²) in [6.07, 6.45) is 1.13. The second-order valence-corrected chi connectivity index (χ2v) is 7.92. The van der Waals surface area contributed by atoms with Gasteiger partial charge in [-0.2, -0.15) is 0 Å². The molecule has 0 aliphatic carbocycles. The number of thiophene rings is 1. The molecule has 0 amide bonds. The third-order valence-corrected chi connectivity index (χ3v) is 5.25. The first-order valence-corrected chi connectivity index (χ1v) is 9.34. The van der Waals surface area contributed by atoms with E-state index in [-0.39, 0.29) is 10.5 Å². The minimum absolute atomic E-state index is 0.141. The summed E-state index contributed by atoms with van der Waals surface area (Å²) in [7, 11) is -3.27. The van der Waals surface area contributed by atoms with E-state index in [0.717, 1.165) is 16.3 Å². The van der Waals surface area contributed by atoms with Crippen LogP contribution < -0.4 is 4.74 Å². The number of carboxylic acid groups (broad SMARTS) is 1. The third kappa shape index (κ3) is 3.20. The van der Waals surface area contributed by atoms with Crippen LogP contribution in [0.25, 0.3) is 10.1 Å². The van der Waals surface area contributed by atoms with Crippen molar-refractivity contribution in [1.82, 2.24) is 0 Å². The van der Waals surface area contributed by atoms with Gasteiger partial charge in [0.05, 0.1) is 10.5 Å². The molecule has 1 N–H and O–H groups in total. The van der Waals surface area contributed by atoms with Gasteiger partial charge in [0.25, 0.3) is 0 Å². The number of benzene rings is 2. The second-order valence-electron chi connectivity index (χ2n) is 4.96. The van der Waals surface area contributed by atoms with E-state index in [1.54, 1.807) is 18.2 Å². The highest BCUT2D eigenvalue weighted by Gasteiger charge is 2.12. The van der Waals surface area contributed by atoms with Crippen LogP contribution in [0.15, 0.2) is 52.7 Å². The summed E-state index contributed by atoms with van der Waals surface area (Å²) in [6.45, 7) is 0. The van der Waals surface area contributed by atoms with Crippen LogP contribution >= 0.6 is 11.3 Å². The lowest BCUT2D eigenvalue weighted by atomic mass is 10.1. The average molecular weight is 348 g/mol. The molecule has 1 heterocycles. The van der Waals surface area contributed by atoms with Gasteiger partial charge in [-0.15, -0.1) is 11.3 Å². The van der Waals surface area contributed by atoms with Crippen LogP contribution in [0.2, 0.25) is 0 Å². The molecule has 0 spiro atoms. The number of fused-ring (bicyclic) bond motifs is 1. The monoisotopic (exact) mass is 348 g/mol. The van der Waals surface area contributed by atoms with Crippen molar-refractivity contribution in [2.24, 2.45) is 0 Å². The summed E-state index contributed by atoms with van der Waals surface area (Å²) in [5, 5.41) is 11.8. The molecule has 5 nitrogen and oxygen atoms in total. The van der Waals surface area contributed by atoms with Crippen molar-refractivity contribution in [2.45, 2.75) is 4.90 Å². The summed E-state index contributed by atoms with van der Waals surface area (Å²) in [5.74, 6) is -0.168. The molecule has 0 saturated heterocycles. The van der Waals surface area contributed by atoms with Crippen LogP contribution in [0.4, 0.5) is 0 Å². The maximum Gasteiger partial charge on any atom is 0.335 e. The lowest BCUT2D eigenvalue weighted by Gasteiger charge is -2.09. The normalized spacial score (nSPS) is 11.5. The van der Waals surface area contributed by atoms with E-state index >= 15 is 0 Å². The summed E-state index contributed by atoms with van der Waals surface area (Å²) >= 11 is 1.43. The number of carbonyl (C=O) groups is 1. The number of carboxylic acids is 1. The van der Waals surface area contributed by atoms with Crippen molar-refractivity contribution in [3.05, 3.63) is 53.4 Å². The summed E-state index contributed by atoms with van der Waals surface area (Å²) < 4.78 is 29.5. The van der Waals surface area contributed by atoms with Crippen LogP contribution in [0.5, 0.6) is 11.5 Å². The summed E-state index contributed by atoms with van der Waals surface area (Å²) in [5.41, 5.74) is 0.141. The Labute approximate surface area is 136 Å². The Morgan fingerprint density at radius 3 is 2.43 bits per heavy atom. The first kappa shape index (κ1) is 15.5. The maximum atomic E-state index is 11.5. The van der Waals surface area contributed by atoms with Gasteiger partial charge in [-0.05, 0) is 47.8 Å². The van der Waals surface area contributed by atoms with E-state index in [2.05, 4.69) is 0 Å². The van der Waals surface area contributed by atoms with E-state index in [9.17, 15) is 18.3 Å². The van der Waals surface area contributed by atoms with Crippen molar-refractivity contribution in [2.75, 3.05) is 6.26 Å². The largest absolute Gasteiger partial charge is 0.478 e. The molecule has 0 atom stereocenters. The van der Waals surface area contributed by atoms with Crippen molar-refractivity contribution in [3.63, 3.8) is 0 Å². The molecular weight excluding hydrogens is 336 g/mol. The molecule has 0 unspecified atom stereocenters. The van der Waals surface area contributed by atoms with Gasteiger partial charge in [0.15, 0.2) is 9.84 Å². The zero-order valence-electron chi connectivity index (χ0n) is 12.0. The van der Waals surface area contributed by atoms with Gasteiger partial charge in [-0.3, -0.25) is 0 Å². The molecule has 0 saturated carbocycles. The molecule has 118 valence electrons. The highest BCUT2D eigenvalue weighted by Crippen LogP contribution is 2.34. The first-order chi connectivity index (χ1) is 10.8. The van der Waals surface area contributed by atoms with Crippen LogP contribution in [-0.4, -0.2) is 25.7 Å². The van der Waals surface area contributed by atoms with Gasteiger partial charge in [-0.1, -0.05) is 0 Å². The van der Waals surface area contributed by atoms with Crippen molar-refractivity contribution < 1.29 is 23.1 Å². The summed E-state index contributed by atoms with van der Waals surface area (Å²) in [6, 6.07) is 10.9. The quantitative estimate of drug-likeness (QED) is 0.776. The summed E-state index contributed by atoms with van der Waals surface area (Å²) in [4.78, 5) is 11.4. The van der Waals surface area contributed by atoms with Crippen LogP contribution in [0.3, 0.4) is 0 Å². The van der Waals surface area contributed by atoms with Crippen molar-refractivity contribution in [1.29, 1.82) is 0 Å². The zero-order valence-corrected chi connectivity index (χ0v) is 13.6. The molecule has 0 aliphatic rings. The third-order valence-electron chi connectivity index (χ3n) is 3.26. The van der Waals surface area contributed by atoms with Gasteiger partial charge in [0.1, 0.15) is 11.5 Å². The Kier molecular flexibility index (Phi) is 3.83. The van der Waals surface area contributed by atoms with E-state index in [0.29, 0.717) is 11.5 Å². The first-order valence-electron chi connectivity index (χ1n) is 6.57. The highest BCUT2D eigenvalue weighted by molar-refractivity contribution is 7.90. The molecule has 3 rings (SSSR count). The standard InChI is InChI=1S/C16H12O5S2/c1-23(19,20)12-4-2-11(3-5-12)21-14-8-10(16(17)18)9-15-13(14)6-7-22-15/h2-9H,1H3,(H,17,18). The topological polar surface area (TPSA) is 80.7 Å². The highest BCUT2D eigenvalue weighted by atomic mass is 32.2. The molecule has 7 heteroatoms. The Bertz CT molecular complexity index is 985. The van der Waals surface area contributed by atoms with Gasteiger partial charge in [0, 0.05) is 16.3 Å². The average Bonchev–Trinajstić information content (AvgIpc) is 2.95. The number of hydrogen-bond donors (Lipinski definition) is 1. The fraction of sp³-hybridized carbons (Fsp3) is 0.0625. The van der Waals surface area contributed by atoms with E-state index in [1.165, 1.54) is 29.5 Å². The predicted octanol–water partition coefficient (Wildman–Crippen LogP) is 3.80. The number of hydrogen-bond acceptors (Lipinski definition) is 5. The molecule has 1 aromatic heterocycles. The zero-order chi connectivity index (χ0) is 16.6. The fourth-order valence-corrected chi connectivity index (χ4v) is 3.60. The number of rotatable bonds is 4. The van der Waals surface area contributed by atoms with E-state index in [4.69, 9.17) is 4.74 Å². The van der Waals surface area contributed by atoms with E-state index in [1.807, 2.05) is 11.4 Å². The predicted molar refractivity (Wildman–Crippen MR) is 88.4 cm³/mol. The van der Waals surface area contributed by atoms with E-state index < -0.39 is 15.8 Å². The number of aromatic carboxylic acids is 1. The molecule has 0 bridgehead atoms. The van der Waals surface area contributed by atoms with Crippen LogP contribution in [0, 0.1) is 0 Å².